The van der Waals surface area contributed by atoms with Crippen molar-refractivity contribution in [1.29, 1.82) is 0 Å². The van der Waals surface area contributed by atoms with E-state index in [2.05, 4.69) is 5.32 Å². The van der Waals surface area contributed by atoms with Gasteiger partial charge >= 0.3 is 6.03 Å². The van der Waals surface area contributed by atoms with E-state index in [0.717, 1.165) is 29.8 Å². The Kier molecular flexibility index (Phi) is 4.30. The molecule has 1 heterocycles. The van der Waals surface area contributed by atoms with E-state index in [1.54, 1.807) is 19.1 Å². The molecule has 2 amide bonds. The molecule has 0 aromatic heterocycles. The third-order valence-electron chi connectivity index (χ3n) is 3.44. The number of hydrogen-bond donors (Lipinski definition) is 1. The van der Waals surface area contributed by atoms with Gasteiger partial charge in [-0.25, -0.2) is 4.79 Å². The van der Waals surface area contributed by atoms with Crippen LogP contribution in [0.4, 0.5) is 10.5 Å². The molecule has 0 saturated heterocycles. The van der Waals surface area contributed by atoms with E-state index < -0.39 is 0 Å². The molecule has 0 unspecified atom stereocenters. The molecule has 1 aromatic rings. The lowest BCUT2D eigenvalue weighted by molar-refractivity contribution is 0.237. The Hall–Kier alpha value is -1.91. The minimum absolute atomic E-state index is 0.0845. The summed E-state index contributed by atoms with van der Waals surface area (Å²) in [6.45, 7) is 6.62. The summed E-state index contributed by atoms with van der Waals surface area (Å²) in [6, 6.07) is 3.68. The Morgan fingerprint density at radius 2 is 1.95 bits per heavy atom. The van der Waals surface area contributed by atoms with Gasteiger partial charge in [0.25, 0.3) is 0 Å². The largest absolute Gasteiger partial charge is 0.497 e. The van der Waals surface area contributed by atoms with Crippen LogP contribution >= 0.6 is 0 Å². The lowest BCUT2D eigenvalue weighted by Gasteiger charge is -2.33. The van der Waals surface area contributed by atoms with Gasteiger partial charge in [-0.05, 0) is 33.6 Å². The summed E-state index contributed by atoms with van der Waals surface area (Å²) < 4.78 is 10.8. The summed E-state index contributed by atoms with van der Waals surface area (Å²) in [5, 5.41) is 3.01. The molecular weight excluding hydrogens is 268 g/mol. The van der Waals surface area contributed by atoms with Crippen LogP contribution in [0.3, 0.4) is 0 Å². The van der Waals surface area contributed by atoms with Crippen LogP contribution in [-0.4, -0.2) is 32.3 Å². The molecule has 0 spiro atoms. The first-order chi connectivity index (χ1) is 9.85. The van der Waals surface area contributed by atoms with Gasteiger partial charge in [0.15, 0.2) is 0 Å². The first kappa shape index (κ1) is 15.5. The number of hydrogen-bond acceptors (Lipinski definition) is 3. The van der Waals surface area contributed by atoms with E-state index >= 15 is 0 Å². The van der Waals surface area contributed by atoms with Crippen LogP contribution in [0.15, 0.2) is 12.1 Å². The van der Waals surface area contributed by atoms with Crippen LogP contribution in [-0.2, 0) is 6.42 Å². The normalized spacial score (nSPS) is 14.4. The van der Waals surface area contributed by atoms with Gasteiger partial charge in [-0.1, -0.05) is 0 Å². The highest BCUT2D eigenvalue weighted by Crippen LogP contribution is 2.38. The summed E-state index contributed by atoms with van der Waals surface area (Å²) in [5.41, 5.74) is 1.67. The summed E-state index contributed by atoms with van der Waals surface area (Å²) in [4.78, 5) is 14.3. The number of methoxy groups -OCH3 is 2. The minimum atomic E-state index is -0.266. The highest BCUT2D eigenvalue weighted by Gasteiger charge is 2.28. The Bertz CT molecular complexity index is 535. The molecule has 1 aliphatic heterocycles. The van der Waals surface area contributed by atoms with Gasteiger partial charge in [-0.2, -0.15) is 0 Å². The number of fused-ring (bicyclic) bond motifs is 1. The van der Waals surface area contributed by atoms with E-state index in [-0.39, 0.29) is 11.6 Å². The maximum absolute atomic E-state index is 12.5. The summed E-state index contributed by atoms with van der Waals surface area (Å²) in [6.07, 6.45) is 1.83. The average Bonchev–Trinajstić information content (AvgIpc) is 2.43. The molecule has 5 heteroatoms. The fraction of sp³-hybridized carbons (Fsp3) is 0.562. The van der Waals surface area contributed by atoms with E-state index in [1.807, 2.05) is 32.9 Å². The van der Waals surface area contributed by atoms with Crippen molar-refractivity contribution in [3.63, 3.8) is 0 Å². The molecule has 0 saturated carbocycles. The topological polar surface area (TPSA) is 50.8 Å². The molecular formula is C16H24N2O3. The molecule has 2 rings (SSSR count). The molecule has 21 heavy (non-hydrogen) atoms. The summed E-state index contributed by atoms with van der Waals surface area (Å²) >= 11 is 0. The van der Waals surface area contributed by atoms with Gasteiger partial charge in [-0.3, -0.25) is 4.90 Å². The van der Waals surface area contributed by atoms with Crippen molar-refractivity contribution in [2.24, 2.45) is 0 Å². The number of anilines is 1. The molecule has 0 bridgehead atoms. The summed E-state index contributed by atoms with van der Waals surface area (Å²) in [5.74, 6) is 1.47. The smallest absolute Gasteiger partial charge is 0.322 e. The molecule has 0 fully saturated rings. The number of urea groups is 1. The van der Waals surface area contributed by atoms with Crippen molar-refractivity contribution < 1.29 is 14.3 Å². The van der Waals surface area contributed by atoms with E-state index in [4.69, 9.17) is 9.47 Å². The van der Waals surface area contributed by atoms with E-state index in [1.165, 1.54) is 0 Å². The molecule has 1 N–H and O–H groups in total. The maximum Gasteiger partial charge on any atom is 0.322 e. The van der Waals surface area contributed by atoms with Crippen LogP contribution < -0.4 is 19.7 Å². The molecule has 1 aromatic carbocycles. The number of carbonyl (C=O) groups is 1. The molecule has 0 aliphatic carbocycles. The Balaban J connectivity index is 2.40. The third kappa shape index (κ3) is 3.40. The van der Waals surface area contributed by atoms with E-state index in [9.17, 15) is 4.79 Å². The van der Waals surface area contributed by atoms with Crippen molar-refractivity contribution in [2.75, 3.05) is 25.7 Å². The van der Waals surface area contributed by atoms with Crippen molar-refractivity contribution in [2.45, 2.75) is 39.2 Å². The van der Waals surface area contributed by atoms with Gasteiger partial charge < -0.3 is 14.8 Å². The zero-order valence-electron chi connectivity index (χ0n) is 13.4. The van der Waals surface area contributed by atoms with Crippen molar-refractivity contribution in [3.8, 4) is 11.5 Å². The van der Waals surface area contributed by atoms with Gasteiger partial charge in [0.1, 0.15) is 11.5 Å². The number of carbonyl (C=O) groups excluding carboxylic acids is 1. The highest BCUT2D eigenvalue weighted by atomic mass is 16.5. The minimum Gasteiger partial charge on any atom is -0.497 e. The maximum atomic E-state index is 12.5. The highest BCUT2D eigenvalue weighted by molar-refractivity contribution is 5.94. The lowest BCUT2D eigenvalue weighted by Crippen LogP contribution is -2.50. The standard InChI is InChI=1S/C16H24N2O3/c1-16(2,3)17-15(19)18-8-6-7-12-13(18)9-11(20-4)10-14(12)21-5/h9-10H,6-8H2,1-5H3,(H,17,19). The second-order valence-electron chi connectivity index (χ2n) is 6.26. The zero-order valence-corrected chi connectivity index (χ0v) is 13.4. The van der Waals surface area contributed by atoms with E-state index in [0.29, 0.717) is 12.3 Å². The molecule has 116 valence electrons. The van der Waals surface area contributed by atoms with Crippen molar-refractivity contribution >= 4 is 11.7 Å². The number of nitrogens with one attached hydrogen (secondary N) is 1. The number of ether oxygens (including phenoxy) is 2. The van der Waals surface area contributed by atoms with Crippen LogP contribution in [0.1, 0.15) is 32.8 Å². The van der Waals surface area contributed by atoms with Gasteiger partial charge in [0.05, 0.1) is 19.9 Å². The van der Waals surface area contributed by atoms with Crippen LogP contribution in [0.2, 0.25) is 0 Å². The number of rotatable bonds is 2. The van der Waals surface area contributed by atoms with Gasteiger partial charge in [-0.15, -0.1) is 0 Å². The molecule has 5 nitrogen and oxygen atoms in total. The summed E-state index contributed by atoms with van der Waals surface area (Å²) in [7, 11) is 3.26. The SMILES string of the molecule is COc1cc(OC)c2c(c1)N(C(=O)NC(C)(C)C)CCC2. The second kappa shape index (κ2) is 5.84. The Labute approximate surface area is 126 Å². The average molecular weight is 292 g/mol. The fourth-order valence-corrected chi connectivity index (χ4v) is 2.53. The fourth-order valence-electron chi connectivity index (χ4n) is 2.53. The second-order valence-corrected chi connectivity index (χ2v) is 6.26. The predicted octanol–water partition coefficient (Wildman–Crippen LogP) is 2.96. The monoisotopic (exact) mass is 292 g/mol. The Morgan fingerprint density at radius 1 is 1.24 bits per heavy atom. The third-order valence-corrected chi connectivity index (χ3v) is 3.44. The first-order valence-corrected chi connectivity index (χ1v) is 7.20. The van der Waals surface area contributed by atoms with Crippen molar-refractivity contribution in [1.82, 2.24) is 5.32 Å². The van der Waals surface area contributed by atoms with Crippen LogP contribution in [0.5, 0.6) is 11.5 Å². The van der Waals surface area contributed by atoms with Gasteiger partial charge in [0.2, 0.25) is 0 Å². The van der Waals surface area contributed by atoms with Gasteiger partial charge in [0, 0.05) is 29.8 Å². The molecule has 0 radical (unpaired) electrons. The molecule has 1 aliphatic rings. The Morgan fingerprint density at radius 3 is 2.52 bits per heavy atom. The number of nitrogens with zero attached hydrogens (tertiary/aromatic N) is 1. The van der Waals surface area contributed by atoms with Crippen LogP contribution in [0, 0.1) is 0 Å². The quantitative estimate of drug-likeness (QED) is 0.911. The van der Waals surface area contributed by atoms with Crippen LogP contribution in [0.25, 0.3) is 0 Å². The lowest BCUT2D eigenvalue weighted by atomic mass is 10.00. The zero-order chi connectivity index (χ0) is 15.6. The number of amides is 2. The van der Waals surface area contributed by atoms with Crippen molar-refractivity contribution in [3.05, 3.63) is 17.7 Å². The predicted molar refractivity (Wildman–Crippen MR) is 83.5 cm³/mol. The number of benzene rings is 1. The molecule has 0 atom stereocenters. The first-order valence-electron chi connectivity index (χ1n) is 7.20.